The Hall–Kier alpha value is 0. The van der Waals surface area contributed by atoms with Crippen LogP contribution in [0.3, 0.4) is 0 Å². The van der Waals surface area contributed by atoms with Gasteiger partial charge in [-0.1, -0.05) is 149 Å². The molecular weight excluding hydrogens is 408 g/mol. The molecule has 0 heterocycles. The summed E-state index contributed by atoms with van der Waals surface area (Å²) in [6, 6.07) is 0. The summed E-state index contributed by atoms with van der Waals surface area (Å²) in [6.45, 7) is 37.3. The highest BCUT2D eigenvalue weighted by Gasteiger charge is 2.20. The fourth-order valence-corrected chi connectivity index (χ4v) is 4.88. The van der Waals surface area contributed by atoms with Gasteiger partial charge >= 0.3 is 0 Å². The summed E-state index contributed by atoms with van der Waals surface area (Å²) in [4.78, 5) is 0. The van der Waals surface area contributed by atoms with E-state index in [9.17, 15) is 0 Å². The Bertz CT molecular complexity index is 366. The Morgan fingerprint density at radius 1 is 0.353 bits per heavy atom. The van der Waals surface area contributed by atoms with E-state index in [1.165, 1.54) is 64.2 Å². The third kappa shape index (κ3) is 36.6. The molecule has 0 aliphatic carbocycles. The molecule has 0 spiro atoms. The topological polar surface area (TPSA) is 0 Å². The fraction of sp³-hybridized carbons (Fsp3) is 1.00. The Morgan fingerprint density at radius 3 is 0.765 bits per heavy atom. The molecule has 0 atom stereocenters. The van der Waals surface area contributed by atoms with Crippen molar-refractivity contribution in [2.75, 3.05) is 0 Å². The van der Waals surface area contributed by atoms with Crippen molar-refractivity contribution in [2.24, 2.45) is 46.3 Å². The normalized spacial score (nSPS) is 12.5. The Kier molecular flexibility index (Phi) is 23.9. The van der Waals surface area contributed by atoms with Crippen molar-refractivity contribution in [1.29, 1.82) is 0 Å². The van der Waals surface area contributed by atoms with Crippen molar-refractivity contribution in [3.05, 3.63) is 0 Å². The van der Waals surface area contributed by atoms with Gasteiger partial charge in [-0.2, -0.15) is 0 Å². The third-order valence-corrected chi connectivity index (χ3v) is 6.53. The molecule has 0 amide bonds. The molecule has 0 nitrogen and oxygen atoms in total. The van der Waals surface area contributed by atoms with Crippen LogP contribution in [0.4, 0.5) is 0 Å². The molecular formula is C34H74. The van der Waals surface area contributed by atoms with E-state index in [0.717, 1.165) is 35.5 Å². The molecule has 0 bridgehead atoms. The summed E-state index contributed by atoms with van der Waals surface area (Å²) in [5.74, 6) is 5.19. The maximum atomic E-state index is 2.40. The van der Waals surface area contributed by atoms with E-state index < -0.39 is 0 Å². The van der Waals surface area contributed by atoms with Crippen LogP contribution in [-0.4, -0.2) is 0 Å². The second-order valence-electron chi connectivity index (χ2n) is 15.5. The third-order valence-electron chi connectivity index (χ3n) is 6.53. The lowest BCUT2D eigenvalue weighted by molar-refractivity contribution is 0.247. The zero-order valence-corrected chi connectivity index (χ0v) is 27.5. The molecule has 0 saturated heterocycles. The van der Waals surface area contributed by atoms with Gasteiger partial charge < -0.3 is 0 Å². The van der Waals surface area contributed by atoms with Crippen molar-refractivity contribution >= 4 is 0 Å². The minimum absolute atomic E-state index is 0.554. The zero-order chi connectivity index (χ0) is 27.5. The molecule has 210 valence electrons. The highest BCUT2D eigenvalue weighted by atomic mass is 14.3. The lowest BCUT2D eigenvalue weighted by Gasteiger charge is -2.27. The molecule has 0 aliphatic rings. The number of hydrogen-bond acceptors (Lipinski definition) is 0. The van der Waals surface area contributed by atoms with Gasteiger partial charge in [0.25, 0.3) is 0 Å². The monoisotopic (exact) mass is 483 g/mol. The first-order valence-electron chi connectivity index (χ1n) is 15.3. The zero-order valence-electron chi connectivity index (χ0n) is 27.5. The van der Waals surface area contributed by atoms with Crippen LogP contribution in [0.15, 0.2) is 0 Å². The van der Waals surface area contributed by atoms with Gasteiger partial charge in [-0.3, -0.25) is 0 Å². The smallest absolute Gasteiger partial charge is 0.0352 e. The minimum atomic E-state index is 0.554. The summed E-state index contributed by atoms with van der Waals surface area (Å²) < 4.78 is 0. The second-order valence-corrected chi connectivity index (χ2v) is 15.5. The fourth-order valence-electron chi connectivity index (χ4n) is 4.88. The quantitative estimate of drug-likeness (QED) is 0.203. The highest BCUT2D eigenvalue weighted by molar-refractivity contribution is 4.71. The first-order chi connectivity index (χ1) is 15.3. The molecule has 0 heteroatoms. The molecule has 0 rings (SSSR count). The van der Waals surface area contributed by atoms with Crippen LogP contribution in [-0.2, 0) is 0 Å². The summed E-state index contributed by atoms with van der Waals surface area (Å²) in [6.07, 6.45) is 13.9. The van der Waals surface area contributed by atoms with E-state index in [2.05, 4.69) is 111 Å². The maximum Gasteiger partial charge on any atom is -0.0352 e. The van der Waals surface area contributed by atoms with Gasteiger partial charge in [0, 0.05) is 0 Å². The largest absolute Gasteiger partial charge is 0.0628 e. The average Bonchev–Trinajstić information content (AvgIpc) is 2.61. The number of rotatable bonds is 15. The van der Waals surface area contributed by atoms with E-state index in [1.807, 2.05) is 0 Å². The van der Waals surface area contributed by atoms with E-state index in [1.54, 1.807) is 0 Å². The Balaban J connectivity index is -0.000000426. The summed E-state index contributed by atoms with van der Waals surface area (Å²) in [7, 11) is 0. The molecule has 0 fully saturated rings. The molecule has 34 heavy (non-hydrogen) atoms. The predicted octanol–water partition coefficient (Wildman–Crippen LogP) is 12.8. The van der Waals surface area contributed by atoms with Gasteiger partial charge in [-0.25, -0.2) is 0 Å². The van der Waals surface area contributed by atoms with Crippen LogP contribution in [0.5, 0.6) is 0 Å². The molecule has 0 aliphatic heterocycles. The minimum Gasteiger partial charge on any atom is -0.0628 e. The van der Waals surface area contributed by atoms with Crippen molar-refractivity contribution in [3.63, 3.8) is 0 Å². The van der Waals surface area contributed by atoms with Crippen LogP contribution in [0.25, 0.3) is 0 Å². The van der Waals surface area contributed by atoms with E-state index >= 15 is 0 Å². The van der Waals surface area contributed by atoms with Crippen molar-refractivity contribution in [3.8, 4) is 0 Å². The first-order valence-corrected chi connectivity index (χ1v) is 15.3. The number of unbranched alkanes of at least 4 members (excludes halogenated alkanes) is 1. The predicted molar refractivity (Wildman–Crippen MR) is 163 cm³/mol. The maximum absolute atomic E-state index is 2.40. The summed E-state index contributed by atoms with van der Waals surface area (Å²) >= 11 is 0. The Morgan fingerprint density at radius 2 is 0.588 bits per heavy atom. The SMILES string of the molecule is CC(C)CCC(C)(C)CC(C)C.CC(C)CCC(C)(C)CC(C)C.CC(C)CCCCC(C)C. The van der Waals surface area contributed by atoms with Gasteiger partial charge in [0.15, 0.2) is 0 Å². The lowest BCUT2D eigenvalue weighted by Crippen LogP contribution is -2.15. The molecule has 0 unspecified atom stereocenters. The Labute approximate surface area is 221 Å². The van der Waals surface area contributed by atoms with Crippen LogP contribution in [0.1, 0.15) is 175 Å². The molecule has 0 radical (unpaired) electrons. The second kappa shape index (κ2) is 21.1. The molecule has 0 N–H and O–H groups in total. The van der Waals surface area contributed by atoms with Crippen molar-refractivity contribution in [1.82, 2.24) is 0 Å². The lowest BCUT2D eigenvalue weighted by atomic mass is 9.79. The molecule has 0 saturated carbocycles. The van der Waals surface area contributed by atoms with E-state index in [4.69, 9.17) is 0 Å². The number of hydrogen-bond donors (Lipinski definition) is 0. The molecule has 0 aromatic rings. The van der Waals surface area contributed by atoms with Gasteiger partial charge in [0.1, 0.15) is 0 Å². The van der Waals surface area contributed by atoms with Gasteiger partial charge in [0.05, 0.1) is 0 Å². The standard InChI is InChI=1S/2C12H26.C10H22/c2*1-10(2)7-8-12(5,6)9-11(3)4;1-9(2)7-5-6-8-10(3)4/h2*10-11H,7-9H2,1-6H3;9-10H,5-8H2,1-4H3. The summed E-state index contributed by atoms with van der Waals surface area (Å²) in [5.41, 5.74) is 1.11. The van der Waals surface area contributed by atoms with Crippen LogP contribution in [0, 0.1) is 46.3 Å². The summed E-state index contributed by atoms with van der Waals surface area (Å²) in [5, 5.41) is 0. The van der Waals surface area contributed by atoms with Crippen LogP contribution in [0.2, 0.25) is 0 Å². The average molecular weight is 483 g/mol. The van der Waals surface area contributed by atoms with Crippen molar-refractivity contribution < 1.29 is 0 Å². The first kappa shape index (κ1) is 38.5. The van der Waals surface area contributed by atoms with Crippen LogP contribution >= 0.6 is 0 Å². The molecule has 0 aromatic heterocycles. The van der Waals surface area contributed by atoms with Gasteiger partial charge in [-0.05, 0) is 72.0 Å². The van der Waals surface area contributed by atoms with Gasteiger partial charge in [-0.15, -0.1) is 0 Å². The van der Waals surface area contributed by atoms with Crippen molar-refractivity contribution in [2.45, 2.75) is 175 Å². The molecule has 0 aromatic carbocycles. The van der Waals surface area contributed by atoms with Crippen LogP contribution < -0.4 is 0 Å². The van der Waals surface area contributed by atoms with Gasteiger partial charge in [0.2, 0.25) is 0 Å². The highest BCUT2D eigenvalue weighted by Crippen LogP contribution is 2.32. The van der Waals surface area contributed by atoms with E-state index in [-0.39, 0.29) is 0 Å². The van der Waals surface area contributed by atoms with E-state index in [0.29, 0.717) is 10.8 Å².